The summed E-state index contributed by atoms with van der Waals surface area (Å²) >= 11 is 0. The zero-order valence-electron chi connectivity index (χ0n) is 7.46. The zero-order chi connectivity index (χ0) is 9.84. The van der Waals surface area contributed by atoms with Crippen LogP contribution in [0.15, 0.2) is 11.7 Å². The summed E-state index contributed by atoms with van der Waals surface area (Å²) in [5, 5.41) is 0. The van der Waals surface area contributed by atoms with E-state index in [1.807, 2.05) is 0 Å². The van der Waals surface area contributed by atoms with Crippen LogP contribution in [-0.2, 0) is 23.8 Å². The highest BCUT2D eigenvalue weighted by atomic mass is 16.7. The van der Waals surface area contributed by atoms with E-state index in [2.05, 4.69) is 4.74 Å². The maximum Gasteiger partial charge on any atom is 0.327 e. The molecular weight excluding hydrogens is 176 g/mol. The largest absolute Gasteiger partial charge is 0.462 e. The Kier molecular flexibility index (Phi) is 2.89. The molecule has 1 heterocycles. The smallest absolute Gasteiger partial charge is 0.327 e. The summed E-state index contributed by atoms with van der Waals surface area (Å²) in [6.45, 7) is 2.89. The average Bonchev–Trinajstić information content (AvgIpc) is 2.34. The number of rotatable bonds is 2. The molecule has 0 N–H and O–H groups in total. The highest BCUT2D eigenvalue weighted by Crippen LogP contribution is 2.21. The number of esters is 2. The second-order valence-electron chi connectivity index (χ2n) is 2.50. The lowest BCUT2D eigenvalue weighted by Gasteiger charge is -2.03. The standard InChI is InChI=1S/C8H10O5/c1-5(9)12-7-3-4-11-8(7)13-6(2)10/h3-4H2,1-2H3. The third-order valence-electron chi connectivity index (χ3n) is 1.29. The van der Waals surface area contributed by atoms with E-state index in [1.54, 1.807) is 0 Å². The van der Waals surface area contributed by atoms with Gasteiger partial charge >= 0.3 is 17.9 Å². The summed E-state index contributed by atoms with van der Waals surface area (Å²) in [6, 6.07) is 0. The lowest BCUT2D eigenvalue weighted by atomic mass is 10.4. The molecule has 13 heavy (non-hydrogen) atoms. The first kappa shape index (κ1) is 9.57. The van der Waals surface area contributed by atoms with Gasteiger partial charge in [0.25, 0.3) is 0 Å². The Morgan fingerprint density at radius 2 is 1.85 bits per heavy atom. The summed E-state index contributed by atoms with van der Waals surface area (Å²) in [5.41, 5.74) is 0. The van der Waals surface area contributed by atoms with Crippen LogP contribution in [0.25, 0.3) is 0 Å². The zero-order valence-corrected chi connectivity index (χ0v) is 7.46. The highest BCUT2D eigenvalue weighted by molar-refractivity contribution is 5.68. The minimum atomic E-state index is -0.499. The van der Waals surface area contributed by atoms with E-state index >= 15 is 0 Å². The fourth-order valence-corrected chi connectivity index (χ4v) is 0.902. The molecule has 0 aromatic heterocycles. The van der Waals surface area contributed by atoms with E-state index in [0.717, 1.165) is 0 Å². The second-order valence-corrected chi connectivity index (χ2v) is 2.50. The van der Waals surface area contributed by atoms with Crippen LogP contribution < -0.4 is 0 Å². The van der Waals surface area contributed by atoms with Gasteiger partial charge in [0, 0.05) is 20.3 Å². The fourth-order valence-electron chi connectivity index (χ4n) is 0.902. The lowest BCUT2D eigenvalue weighted by molar-refractivity contribution is -0.144. The third-order valence-corrected chi connectivity index (χ3v) is 1.29. The molecule has 5 heteroatoms. The molecule has 0 aromatic carbocycles. The Morgan fingerprint density at radius 1 is 1.23 bits per heavy atom. The van der Waals surface area contributed by atoms with E-state index in [9.17, 15) is 9.59 Å². The Balaban J connectivity index is 2.65. The average molecular weight is 186 g/mol. The number of hydrogen-bond acceptors (Lipinski definition) is 5. The van der Waals surface area contributed by atoms with Gasteiger partial charge in [-0.1, -0.05) is 0 Å². The first-order valence-electron chi connectivity index (χ1n) is 3.82. The molecule has 0 radical (unpaired) electrons. The Morgan fingerprint density at radius 3 is 2.38 bits per heavy atom. The maximum atomic E-state index is 10.6. The minimum absolute atomic E-state index is 0.00250. The second kappa shape index (κ2) is 3.93. The number of hydrogen-bond donors (Lipinski definition) is 0. The molecule has 0 atom stereocenters. The van der Waals surface area contributed by atoms with Crippen molar-refractivity contribution in [3.63, 3.8) is 0 Å². The molecule has 0 saturated heterocycles. The predicted molar refractivity (Wildman–Crippen MR) is 41.1 cm³/mol. The predicted octanol–water partition coefficient (Wildman–Crippen LogP) is 0.702. The van der Waals surface area contributed by atoms with Gasteiger partial charge in [-0.05, 0) is 0 Å². The summed E-state index contributed by atoms with van der Waals surface area (Å²) in [6.07, 6.45) is 0.447. The van der Waals surface area contributed by atoms with Gasteiger partial charge < -0.3 is 14.2 Å². The molecule has 0 aromatic rings. The van der Waals surface area contributed by atoms with Crippen molar-refractivity contribution in [3.8, 4) is 0 Å². The van der Waals surface area contributed by atoms with Crippen LogP contribution >= 0.6 is 0 Å². The van der Waals surface area contributed by atoms with Crippen LogP contribution in [0.2, 0.25) is 0 Å². The fraction of sp³-hybridized carbons (Fsp3) is 0.500. The van der Waals surface area contributed by atoms with Gasteiger partial charge in [-0.25, -0.2) is 0 Å². The van der Waals surface area contributed by atoms with E-state index in [1.165, 1.54) is 13.8 Å². The third kappa shape index (κ3) is 2.77. The van der Waals surface area contributed by atoms with Crippen molar-refractivity contribution in [1.82, 2.24) is 0 Å². The van der Waals surface area contributed by atoms with Crippen molar-refractivity contribution in [2.75, 3.05) is 6.61 Å². The number of carbonyl (C=O) groups excluding carboxylic acids is 2. The van der Waals surface area contributed by atoms with Gasteiger partial charge in [0.15, 0.2) is 5.76 Å². The summed E-state index contributed by atoms with van der Waals surface area (Å²) in [4.78, 5) is 21.1. The molecule has 1 aliphatic rings. The van der Waals surface area contributed by atoms with Crippen molar-refractivity contribution in [2.45, 2.75) is 20.3 Å². The topological polar surface area (TPSA) is 61.8 Å². The molecule has 72 valence electrons. The quantitative estimate of drug-likeness (QED) is 0.594. The monoisotopic (exact) mass is 186 g/mol. The van der Waals surface area contributed by atoms with Crippen molar-refractivity contribution in [2.24, 2.45) is 0 Å². The summed E-state index contributed by atoms with van der Waals surface area (Å²) < 4.78 is 14.4. The molecular formula is C8H10O5. The summed E-state index contributed by atoms with van der Waals surface area (Å²) in [5.74, 6) is -0.669. The lowest BCUT2D eigenvalue weighted by Crippen LogP contribution is -2.04. The molecule has 0 unspecified atom stereocenters. The van der Waals surface area contributed by atoms with Crippen LogP contribution in [0.3, 0.4) is 0 Å². The molecule has 0 amide bonds. The molecule has 5 nitrogen and oxygen atoms in total. The highest BCUT2D eigenvalue weighted by Gasteiger charge is 2.22. The van der Waals surface area contributed by atoms with Gasteiger partial charge in [-0.2, -0.15) is 0 Å². The summed E-state index contributed by atoms with van der Waals surface area (Å²) in [7, 11) is 0. The van der Waals surface area contributed by atoms with E-state index in [0.29, 0.717) is 13.0 Å². The molecule has 0 aliphatic carbocycles. The van der Waals surface area contributed by atoms with Crippen LogP contribution in [0, 0.1) is 0 Å². The van der Waals surface area contributed by atoms with Gasteiger partial charge in [0.1, 0.15) is 0 Å². The normalized spacial score (nSPS) is 15.2. The maximum absolute atomic E-state index is 10.6. The Bertz CT molecular complexity index is 240. The van der Waals surface area contributed by atoms with Gasteiger partial charge in [0.2, 0.25) is 0 Å². The van der Waals surface area contributed by atoms with Crippen molar-refractivity contribution in [3.05, 3.63) is 11.7 Å². The first-order valence-corrected chi connectivity index (χ1v) is 3.82. The van der Waals surface area contributed by atoms with E-state index < -0.39 is 11.9 Å². The van der Waals surface area contributed by atoms with Crippen molar-refractivity contribution < 1.29 is 23.8 Å². The van der Waals surface area contributed by atoms with Crippen LogP contribution in [0.5, 0.6) is 0 Å². The number of ether oxygens (including phenoxy) is 3. The van der Waals surface area contributed by atoms with Crippen LogP contribution in [0.4, 0.5) is 0 Å². The van der Waals surface area contributed by atoms with Crippen LogP contribution in [0.1, 0.15) is 20.3 Å². The van der Waals surface area contributed by atoms with Gasteiger partial charge in [-0.3, -0.25) is 9.59 Å². The molecule has 0 saturated carbocycles. The Labute approximate surface area is 75.3 Å². The number of carbonyl (C=O) groups is 2. The van der Waals surface area contributed by atoms with Crippen molar-refractivity contribution >= 4 is 11.9 Å². The molecule has 0 bridgehead atoms. The van der Waals surface area contributed by atoms with E-state index in [4.69, 9.17) is 9.47 Å². The molecule has 1 aliphatic heterocycles. The van der Waals surface area contributed by atoms with Crippen LogP contribution in [-0.4, -0.2) is 18.5 Å². The molecule has 1 rings (SSSR count). The van der Waals surface area contributed by atoms with Crippen molar-refractivity contribution in [1.29, 1.82) is 0 Å². The molecule has 0 fully saturated rings. The van der Waals surface area contributed by atoms with Gasteiger partial charge in [-0.15, -0.1) is 0 Å². The van der Waals surface area contributed by atoms with E-state index in [-0.39, 0.29) is 11.7 Å². The minimum Gasteiger partial charge on any atom is -0.462 e. The SMILES string of the molecule is CC(=O)OC1=C(OC(C)=O)OCC1. The van der Waals surface area contributed by atoms with Gasteiger partial charge in [0.05, 0.1) is 6.61 Å². The Hall–Kier alpha value is -1.52. The molecule has 0 spiro atoms. The first-order chi connectivity index (χ1) is 6.09.